The third-order valence-corrected chi connectivity index (χ3v) is 4.06. The second-order valence-corrected chi connectivity index (χ2v) is 5.70. The number of fused-ring (bicyclic) bond motifs is 1. The lowest BCUT2D eigenvalue weighted by molar-refractivity contribution is -0.117. The molecule has 0 aliphatic heterocycles. The van der Waals surface area contributed by atoms with E-state index in [1.54, 1.807) is 12.3 Å². The first-order chi connectivity index (χ1) is 11.4. The number of nitrogens with one attached hydrogen (secondary N) is 1. The molecular formula is C16H20N6O2. The lowest BCUT2D eigenvalue weighted by atomic mass is 10.3. The van der Waals surface area contributed by atoms with Crippen LogP contribution in [0.25, 0.3) is 5.52 Å². The molecule has 3 aromatic heterocycles. The van der Waals surface area contributed by atoms with Crippen LogP contribution in [0.4, 0.5) is 5.69 Å². The molecule has 3 heterocycles. The largest absolute Gasteiger partial charge is 0.349 e. The predicted molar refractivity (Wildman–Crippen MR) is 90.2 cm³/mol. The summed E-state index contributed by atoms with van der Waals surface area (Å²) in [4.78, 5) is 24.7. The van der Waals surface area contributed by atoms with Crippen LogP contribution in [0.15, 0.2) is 23.1 Å². The van der Waals surface area contributed by atoms with Crippen molar-refractivity contribution in [3.63, 3.8) is 0 Å². The van der Waals surface area contributed by atoms with Crippen LogP contribution in [0.3, 0.4) is 0 Å². The van der Waals surface area contributed by atoms with Crippen molar-refractivity contribution in [2.45, 2.75) is 40.8 Å². The van der Waals surface area contributed by atoms with Crippen molar-refractivity contribution in [1.82, 2.24) is 24.0 Å². The summed E-state index contributed by atoms with van der Waals surface area (Å²) in [5.41, 5.74) is 3.42. The molecule has 0 atom stereocenters. The maximum absolute atomic E-state index is 12.4. The summed E-state index contributed by atoms with van der Waals surface area (Å²) < 4.78 is 4.49. The zero-order chi connectivity index (χ0) is 17.4. The maximum atomic E-state index is 12.4. The molecule has 1 N–H and O–H groups in total. The van der Waals surface area contributed by atoms with Gasteiger partial charge < -0.3 is 5.32 Å². The van der Waals surface area contributed by atoms with Crippen molar-refractivity contribution in [3.05, 3.63) is 45.9 Å². The van der Waals surface area contributed by atoms with Gasteiger partial charge in [0.1, 0.15) is 6.54 Å². The third kappa shape index (κ3) is 2.60. The summed E-state index contributed by atoms with van der Waals surface area (Å²) in [7, 11) is 0. The van der Waals surface area contributed by atoms with E-state index in [0.29, 0.717) is 11.4 Å². The number of rotatable bonds is 4. The molecule has 0 aliphatic rings. The summed E-state index contributed by atoms with van der Waals surface area (Å²) >= 11 is 0. The Balaban J connectivity index is 1.87. The van der Waals surface area contributed by atoms with Gasteiger partial charge in [-0.2, -0.15) is 10.2 Å². The van der Waals surface area contributed by atoms with E-state index in [9.17, 15) is 9.59 Å². The first-order valence-electron chi connectivity index (χ1n) is 7.81. The molecule has 8 nitrogen and oxygen atoms in total. The van der Waals surface area contributed by atoms with Crippen molar-refractivity contribution in [2.24, 2.45) is 0 Å². The minimum atomic E-state index is -0.339. The van der Waals surface area contributed by atoms with E-state index in [1.165, 1.54) is 9.08 Å². The Kier molecular flexibility index (Phi) is 3.96. The van der Waals surface area contributed by atoms with E-state index in [-0.39, 0.29) is 18.1 Å². The van der Waals surface area contributed by atoms with Crippen molar-refractivity contribution in [1.29, 1.82) is 0 Å². The van der Waals surface area contributed by atoms with Crippen LogP contribution < -0.4 is 11.0 Å². The van der Waals surface area contributed by atoms with Crippen molar-refractivity contribution >= 4 is 17.1 Å². The molecule has 0 spiro atoms. The summed E-state index contributed by atoms with van der Waals surface area (Å²) in [6, 6.07) is 3.60. The predicted octanol–water partition coefficient (Wildman–Crippen LogP) is 1.28. The van der Waals surface area contributed by atoms with Crippen LogP contribution in [-0.2, 0) is 17.9 Å². The minimum absolute atomic E-state index is 0.149. The molecule has 0 bridgehead atoms. The van der Waals surface area contributed by atoms with E-state index < -0.39 is 0 Å². The number of aromatic nitrogens is 5. The standard InChI is InChI=1S/C16H20N6O2/c1-5-21-12(4)15(11(3)19-21)17-14(23)9-22-16(24)20-8-6-7-13(20)10(2)18-22/h6-8H,5,9H2,1-4H3,(H,17,23). The fourth-order valence-electron chi connectivity index (χ4n) is 2.85. The molecule has 0 radical (unpaired) electrons. The summed E-state index contributed by atoms with van der Waals surface area (Å²) in [5.74, 6) is -0.308. The number of hydrogen-bond donors (Lipinski definition) is 1. The Morgan fingerprint density at radius 1 is 1.17 bits per heavy atom. The van der Waals surface area contributed by atoms with Gasteiger partial charge in [-0.15, -0.1) is 0 Å². The van der Waals surface area contributed by atoms with Crippen molar-refractivity contribution in [3.8, 4) is 0 Å². The molecule has 126 valence electrons. The molecular weight excluding hydrogens is 308 g/mol. The first-order valence-corrected chi connectivity index (χ1v) is 7.81. The highest BCUT2D eigenvalue weighted by atomic mass is 16.2. The molecule has 0 aromatic carbocycles. The Morgan fingerprint density at radius 2 is 1.88 bits per heavy atom. The Morgan fingerprint density at radius 3 is 2.54 bits per heavy atom. The topological polar surface area (TPSA) is 86.2 Å². The highest BCUT2D eigenvalue weighted by molar-refractivity contribution is 5.91. The molecule has 24 heavy (non-hydrogen) atoms. The second-order valence-electron chi connectivity index (χ2n) is 5.70. The zero-order valence-corrected chi connectivity index (χ0v) is 14.2. The highest BCUT2D eigenvalue weighted by Gasteiger charge is 2.15. The second kappa shape index (κ2) is 5.95. The Bertz CT molecular complexity index is 979. The van der Waals surface area contributed by atoms with Gasteiger partial charge in [-0.1, -0.05) is 0 Å². The number of carbonyl (C=O) groups is 1. The molecule has 0 fully saturated rings. The fourth-order valence-corrected chi connectivity index (χ4v) is 2.85. The number of nitrogens with zero attached hydrogens (tertiary/aromatic N) is 5. The first kappa shape index (κ1) is 16.0. The Hall–Kier alpha value is -2.90. The zero-order valence-electron chi connectivity index (χ0n) is 14.2. The van der Waals surface area contributed by atoms with Gasteiger partial charge in [0.15, 0.2) is 0 Å². The molecule has 0 saturated carbocycles. The molecule has 3 rings (SSSR count). The number of anilines is 1. The average Bonchev–Trinajstić information content (AvgIpc) is 3.13. The van der Waals surface area contributed by atoms with E-state index in [4.69, 9.17) is 0 Å². The smallest absolute Gasteiger partial charge is 0.321 e. The minimum Gasteiger partial charge on any atom is -0.321 e. The quantitative estimate of drug-likeness (QED) is 0.781. The van der Waals surface area contributed by atoms with E-state index in [2.05, 4.69) is 15.5 Å². The molecule has 3 aromatic rings. The van der Waals surface area contributed by atoms with E-state index >= 15 is 0 Å². The van der Waals surface area contributed by atoms with E-state index in [0.717, 1.165) is 23.4 Å². The van der Waals surface area contributed by atoms with Gasteiger partial charge >= 0.3 is 5.69 Å². The SMILES string of the molecule is CCn1nc(C)c(NC(=O)Cn2nc(C)c3cccn3c2=O)c1C. The lowest BCUT2D eigenvalue weighted by Gasteiger charge is -2.09. The van der Waals surface area contributed by atoms with Crippen LogP contribution >= 0.6 is 0 Å². The van der Waals surface area contributed by atoms with Crippen molar-refractivity contribution < 1.29 is 4.79 Å². The number of aryl methyl sites for hydroxylation is 3. The van der Waals surface area contributed by atoms with Gasteiger partial charge in [-0.05, 0) is 39.8 Å². The normalized spacial score (nSPS) is 11.2. The van der Waals surface area contributed by atoms with Crippen molar-refractivity contribution in [2.75, 3.05) is 5.32 Å². The van der Waals surface area contributed by atoms with Crippen LogP contribution in [0, 0.1) is 20.8 Å². The Labute approximate surface area is 138 Å². The number of hydrogen-bond acceptors (Lipinski definition) is 4. The van der Waals surface area contributed by atoms with Crippen LogP contribution in [0.5, 0.6) is 0 Å². The lowest BCUT2D eigenvalue weighted by Crippen LogP contribution is -2.34. The van der Waals surface area contributed by atoms with E-state index in [1.807, 2.05) is 38.4 Å². The average molecular weight is 328 g/mol. The molecule has 1 amide bonds. The molecule has 0 unspecified atom stereocenters. The summed E-state index contributed by atoms with van der Waals surface area (Å²) in [6.07, 6.45) is 1.67. The van der Waals surface area contributed by atoms with Gasteiger partial charge in [0.2, 0.25) is 5.91 Å². The maximum Gasteiger partial charge on any atom is 0.349 e. The van der Waals surface area contributed by atoms with Gasteiger partial charge in [-0.3, -0.25) is 13.9 Å². The van der Waals surface area contributed by atoms with Gasteiger partial charge in [0, 0.05) is 12.7 Å². The van der Waals surface area contributed by atoms with Gasteiger partial charge in [0.25, 0.3) is 0 Å². The summed E-state index contributed by atoms with van der Waals surface area (Å²) in [6.45, 7) is 8.12. The molecule has 8 heteroatoms. The third-order valence-electron chi connectivity index (χ3n) is 4.06. The van der Waals surface area contributed by atoms with Crippen LogP contribution in [0.2, 0.25) is 0 Å². The van der Waals surface area contributed by atoms with Gasteiger partial charge in [-0.25, -0.2) is 9.48 Å². The van der Waals surface area contributed by atoms with Crippen LogP contribution in [-0.4, -0.2) is 29.9 Å². The summed E-state index contributed by atoms with van der Waals surface area (Å²) in [5, 5.41) is 11.4. The van der Waals surface area contributed by atoms with Gasteiger partial charge in [0.05, 0.1) is 28.3 Å². The fraction of sp³-hybridized carbons (Fsp3) is 0.375. The molecule has 0 aliphatic carbocycles. The monoisotopic (exact) mass is 328 g/mol. The number of carbonyl (C=O) groups excluding carboxylic acids is 1. The van der Waals surface area contributed by atoms with Crippen LogP contribution in [0.1, 0.15) is 24.0 Å². The molecule has 0 saturated heterocycles. The number of amides is 1. The highest BCUT2D eigenvalue weighted by Crippen LogP contribution is 2.19.